The highest BCUT2D eigenvalue weighted by Gasteiger charge is 2.61. The maximum atomic E-state index is 12.1. The number of carbonyl (C=O) groups excluding carboxylic acids is 1. The van der Waals surface area contributed by atoms with Crippen LogP contribution in [0.4, 0.5) is 8.78 Å². The Morgan fingerprint density at radius 3 is 2.67 bits per heavy atom. The zero-order chi connectivity index (χ0) is 9.35. The molecule has 0 saturated heterocycles. The van der Waals surface area contributed by atoms with E-state index in [1.54, 1.807) is 6.92 Å². The van der Waals surface area contributed by atoms with Crippen LogP contribution >= 0.6 is 0 Å². The van der Waals surface area contributed by atoms with Crippen LogP contribution in [-0.2, 0) is 9.53 Å². The molecule has 1 fully saturated rings. The number of rotatable bonds is 3. The summed E-state index contributed by atoms with van der Waals surface area (Å²) in [7, 11) is 0. The normalized spacial score (nSPS) is 33.6. The van der Waals surface area contributed by atoms with E-state index in [4.69, 9.17) is 0 Å². The van der Waals surface area contributed by atoms with Crippen LogP contribution in [0, 0.1) is 11.3 Å². The first-order valence-electron chi connectivity index (χ1n) is 3.97. The average molecular weight is 178 g/mol. The van der Waals surface area contributed by atoms with Gasteiger partial charge in [-0.25, -0.2) is 8.78 Å². The van der Waals surface area contributed by atoms with E-state index in [1.165, 1.54) is 6.92 Å². The number of carbonyl (C=O) groups is 1. The molecule has 0 aromatic heterocycles. The number of hydrogen-bond donors (Lipinski definition) is 0. The second kappa shape index (κ2) is 2.99. The molecule has 1 aliphatic carbocycles. The van der Waals surface area contributed by atoms with Gasteiger partial charge in [0.15, 0.2) is 0 Å². The molecule has 12 heavy (non-hydrogen) atoms. The number of esters is 1. The summed E-state index contributed by atoms with van der Waals surface area (Å²) < 4.78 is 28.9. The molecule has 0 amide bonds. The van der Waals surface area contributed by atoms with Crippen LogP contribution in [-0.4, -0.2) is 19.0 Å². The first-order chi connectivity index (χ1) is 5.52. The summed E-state index contributed by atoms with van der Waals surface area (Å²) in [6, 6.07) is 0. The Bertz CT molecular complexity index is 193. The third-order valence-electron chi connectivity index (χ3n) is 2.35. The molecule has 0 radical (unpaired) electrons. The zero-order valence-electron chi connectivity index (χ0n) is 7.14. The molecule has 1 saturated carbocycles. The number of alkyl halides is 2. The van der Waals surface area contributed by atoms with E-state index in [1.807, 2.05) is 0 Å². The van der Waals surface area contributed by atoms with E-state index in [2.05, 4.69) is 4.74 Å². The number of halogens is 2. The minimum atomic E-state index is -2.40. The Hall–Kier alpha value is -0.670. The number of hydrogen-bond acceptors (Lipinski definition) is 2. The van der Waals surface area contributed by atoms with Gasteiger partial charge in [-0.05, 0) is 20.3 Å². The highest BCUT2D eigenvalue weighted by Crippen LogP contribution is 2.56. The lowest BCUT2D eigenvalue weighted by molar-refractivity contribution is -0.150. The highest BCUT2D eigenvalue weighted by atomic mass is 19.3. The Morgan fingerprint density at radius 2 is 2.33 bits per heavy atom. The van der Waals surface area contributed by atoms with E-state index >= 15 is 0 Å². The van der Waals surface area contributed by atoms with Gasteiger partial charge in [-0.1, -0.05) is 0 Å². The fraction of sp³-hybridized carbons (Fsp3) is 0.875. The Morgan fingerprint density at radius 1 is 1.75 bits per heavy atom. The molecule has 2 atom stereocenters. The molecule has 0 bridgehead atoms. The van der Waals surface area contributed by atoms with E-state index in [9.17, 15) is 13.6 Å². The highest BCUT2D eigenvalue weighted by molar-refractivity contribution is 5.80. The second-order valence-electron chi connectivity index (χ2n) is 3.28. The summed E-state index contributed by atoms with van der Waals surface area (Å²) in [5, 5.41) is 0. The smallest absolute Gasteiger partial charge is 0.312 e. The Kier molecular flexibility index (Phi) is 2.35. The van der Waals surface area contributed by atoms with Gasteiger partial charge in [0, 0.05) is 5.92 Å². The molecular weight excluding hydrogens is 166 g/mol. The van der Waals surface area contributed by atoms with Crippen molar-refractivity contribution in [3.8, 4) is 0 Å². The molecule has 2 nitrogen and oxygen atoms in total. The van der Waals surface area contributed by atoms with Crippen molar-refractivity contribution in [2.75, 3.05) is 6.61 Å². The summed E-state index contributed by atoms with van der Waals surface area (Å²) in [5.74, 6) is -1.29. The lowest BCUT2D eigenvalue weighted by Crippen LogP contribution is -2.20. The first kappa shape index (κ1) is 9.42. The van der Waals surface area contributed by atoms with Crippen LogP contribution in [0.25, 0.3) is 0 Å². The van der Waals surface area contributed by atoms with Crippen molar-refractivity contribution in [1.29, 1.82) is 0 Å². The van der Waals surface area contributed by atoms with E-state index in [0.717, 1.165) is 0 Å². The van der Waals surface area contributed by atoms with Crippen LogP contribution in [0.15, 0.2) is 0 Å². The molecule has 0 spiro atoms. The van der Waals surface area contributed by atoms with Crippen molar-refractivity contribution in [1.82, 2.24) is 0 Å². The van der Waals surface area contributed by atoms with Gasteiger partial charge in [0.25, 0.3) is 0 Å². The lowest BCUT2D eigenvalue weighted by atomic mass is 10.1. The van der Waals surface area contributed by atoms with Crippen molar-refractivity contribution in [3.63, 3.8) is 0 Å². The van der Waals surface area contributed by atoms with Gasteiger partial charge in [-0.3, -0.25) is 4.79 Å². The van der Waals surface area contributed by atoms with Gasteiger partial charge in [0.05, 0.1) is 12.0 Å². The van der Waals surface area contributed by atoms with E-state index in [-0.39, 0.29) is 13.0 Å². The van der Waals surface area contributed by atoms with Crippen LogP contribution in [0.1, 0.15) is 20.3 Å². The topological polar surface area (TPSA) is 26.3 Å². The Balaban J connectivity index is 2.49. The minimum Gasteiger partial charge on any atom is -0.466 e. The molecule has 0 N–H and O–H groups in total. The van der Waals surface area contributed by atoms with Crippen LogP contribution < -0.4 is 0 Å². The standard InChI is InChI=1S/C8H12F2O2/c1-3-12-7(11)8(2)4-5(8)6(9)10/h5-6H,3-4H2,1-2H3/t5-,8-/m0/s1. The lowest BCUT2D eigenvalue weighted by Gasteiger charge is -2.08. The molecule has 0 heterocycles. The molecule has 0 aromatic rings. The predicted molar refractivity (Wildman–Crippen MR) is 38.9 cm³/mol. The minimum absolute atomic E-state index is 0.253. The fourth-order valence-corrected chi connectivity index (χ4v) is 1.30. The molecule has 0 unspecified atom stereocenters. The summed E-state index contributed by atoms with van der Waals surface area (Å²) in [6.07, 6.45) is -2.15. The van der Waals surface area contributed by atoms with Gasteiger partial charge in [-0.2, -0.15) is 0 Å². The van der Waals surface area contributed by atoms with Gasteiger partial charge in [0.1, 0.15) is 0 Å². The SMILES string of the molecule is CCOC(=O)[C@@]1(C)C[C@H]1C(F)F. The zero-order valence-corrected chi connectivity index (χ0v) is 7.14. The fourth-order valence-electron chi connectivity index (χ4n) is 1.30. The first-order valence-corrected chi connectivity index (χ1v) is 3.97. The largest absolute Gasteiger partial charge is 0.466 e. The summed E-state index contributed by atoms with van der Waals surface area (Å²) in [5.41, 5.74) is -0.913. The molecule has 1 rings (SSSR count). The summed E-state index contributed by atoms with van der Waals surface area (Å²) >= 11 is 0. The number of ether oxygens (including phenoxy) is 1. The summed E-state index contributed by atoms with van der Waals surface area (Å²) in [6.45, 7) is 3.45. The average Bonchev–Trinajstić information content (AvgIpc) is 2.65. The molecule has 0 aliphatic heterocycles. The van der Waals surface area contributed by atoms with Crippen LogP contribution in [0.5, 0.6) is 0 Å². The molecular formula is C8H12F2O2. The molecule has 1 aliphatic rings. The molecule has 4 heteroatoms. The maximum Gasteiger partial charge on any atom is 0.312 e. The third kappa shape index (κ3) is 1.42. The van der Waals surface area contributed by atoms with E-state index in [0.29, 0.717) is 0 Å². The van der Waals surface area contributed by atoms with Crippen molar-refractivity contribution >= 4 is 5.97 Å². The Labute approximate surface area is 69.9 Å². The quantitative estimate of drug-likeness (QED) is 0.616. The van der Waals surface area contributed by atoms with Crippen LogP contribution in [0.2, 0.25) is 0 Å². The van der Waals surface area contributed by atoms with Crippen LogP contribution in [0.3, 0.4) is 0 Å². The van der Waals surface area contributed by atoms with Gasteiger partial charge >= 0.3 is 5.97 Å². The van der Waals surface area contributed by atoms with Gasteiger partial charge in [-0.15, -0.1) is 0 Å². The maximum absolute atomic E-state index is 12.1. The van der Waals surface area contributed by atoms with E-state index < -0.39 is 23.7 Å². The van der Waals surface area contributed by atoms with Crippen molar-refractivity contribution in [3.05, 3.63) is 0 Å². The monoisotopic (exact) mass is 178 g/mol. The van der Waals surface area contributed by atoms with Crippen molar-refractivity contribution in [2.45, 2.75) is 26.7 Å². The van der Waals surface area contributed by atoms with Gasteiger partial charge < -0.3 is 4.74 Å². The van der Waals surface area contributed by atoms with Gasteiger partial charge in [0.2, 0.25) is 6.43 Å². The predicted octanol–water partition coefficient (Wildman–Crippen LogP) is 1.84. The third-order valence-corrected chi connectivity index (χ3v) is 2.35. The van der Waals surface area contributed by atoms with Crippen molar-refractivity contribution < 1.29 is 18.3 Å². The molecule has 0 aromatic carbocycles. The summed E-state index contributed by atoms with van der Waals surface area (Å²) in [4.78, 5) is 11.1. The second-order valence-corrected chi connectivity index (χ2v) is 3.28. The molecule has 70 valence electrons. The van der Waals surface area contributed by atoms with Crippen molar-refractivity contribution in [2.24, 2.45) is 11.3 Å².